The Morgan fingerprint density at radius 3 is 2.38 bits per heavy atom. The molecule has 0 N–H and O–H groups in total. The maximum absolute atomic E-state index is 13.6. The summed E-state index contributed by atoms with van der Waals surface area (Å²) in [5, 5.41) is 0. The molecule has 1 atom stereocenters. The number of hydrogen-bond acceptors (Lipinski definition) is 8. The number of nitrogens with zero attached hydrogens (tertiary/aromatic N) is 1. The molecule has 34 heavy (non-hydrogen) atoms. The van der Waals surface area contributed by atoms with Gasteiger partial charge in [-0.25, -0.2) is 22.3 Å². The maximum Gasteiger partial charge on any atom is 0.356 e. The van der Waals surface area contributed by atoms with Crippen LogP contribution in [-0.4, -0.2) is 50.3 Å². The monoisotopic (exact) mass is 483 g/mol. The number of methoxy groups -OCH3 is 1. The van der Waals surface area contributed by atoms with Gasteiger partial charge in [0.1, 0.15) is 11.3 Å². The molecule has 9 nitrogen and oxygen atoms in total. The molecule has 0 amide bonds. The van der Waals surface area contributed by atoms with E-state index < -0.39 is 45.1 Å². The Balaban J connectivity index is 2.00. The first kappa shape index (κ1) is 23.2. The largest absolute Gasteiger partial charge is 0.480 e. The Morgan fingerprint density at radius 2 is 1.74 bits per heavy atom. The van der Waals surface area contributed by atoms with Crippen LogP contribution in [-0.2, 0) is 29.1 Å². The van der Waals surface area contributed by atoms with Crippen LogP contribution in [0.5, 0.6) is 5.75 Å². The molecule has 0 saturated carbocycles. The van der Waals surface area contributed by atoms with Gasteiger partial charge in [-0.15, -0.1) is 0 Å². The van der Waals surface area contributed by atoms with Crippen LogP contribution in [0.1, 0.15) is 22.8 Å². The summed E-state index contributed by atoms with van der Waals surface area (Å²) >= 11 is 0. The van der Waals surface area contributed by atoms with Crippen LogP contribution >= 0.6 is 0 Å². The molecule has 0 fully saturated rings. The molecule has 2 heterocycles. The van der Waals surface area contributed by atoms with Gasteiger partial charge in [-0.2, -0.15) is 0 Å². The minimum Gasteiger partial charge on any atom is -0.480 e. The number of para-hydroxylation sites is 1. The van der Waals surface area contributed by atoms with Crippen molar-refractivity contribution in [2.75, 3.05) is 13.7 Å². The quantitative estimate of drug-likeness (QED) is 0.596. The highest BCUT2D eigenvalue weighted by molar-refractivity contribution is 7.89. The SMILES string of the molecule is CCOC(=O)C1=C(C(=O)OC)C2Oc3ccccc3C(=O)C2=CN1S(=O)(=O)c1ccc(C)cc1. The Hall–Kier alpha value is -3.92. The zero-order valence-corrected chi connectivity index (χ0v) is 19.4. The zero-order valence-electron chi connectivity index (χ0n) is 18.6. The van der Waals surface area contributed by atoms with E-state index in [0.717, 1.165) is 18.9 Å². The summed E-state index contributed by atoms with van der Waals surface area (Å²) in [5.74, 6) is -2.46. The van der Waals surface area contributed by atoms with Crippen molar-refractivity contribution in [1.82, 2.24) is 4.31 Å². The standard InChI is InChI=1S/C24H21NO8S/c1-4-32-24(28)20-19(23(27)31-3)22-17(21(26)16-7-5-6-8-18(16)33-22)13-25(20)34(29,30)15-11-9-14(2)10-12-15/h5-13,22H,4H2,1-3H3. The maximum atomic E-state index is 13.6. The van der Waals surface area contributed by atoms with Gasteiger partial charge in [0, 0.05) is 6.20 Å². The van der Waals surface area contributed by atoms with E-state index >= 15 is 0 Å². The Bertz CT molecular complexity index is 1360. The minimum atomic E-state index is -4.43. The van der Waals surface area contributed by atoms with Crippen LogP contribution in [0.3, 0.4) is 0 Å². The summed E-state index contributed by atoms with van der Waals surface area (Å²) in [6.07, 6.45) is -0.352. The lowest BCUT2D eigenvalue weighted by Crippen LogP contribution is -2.45. The molecule has 0 bridgehead atoms. The number of fused-ring (bicyclic) bond motifs is 2. The molecule has 1 unspecified atom stereocenters. The van der Waals surface area contributed by atoms with Crippen molar-refractivity contribution in [1.29, 1.82) is 0 Å². The summed E-state index contributed by atoms with van der Waals surface area (Å²) in [6.45, 7) is 3.24. The fourth-order valence-corrected chi connectivity index (χ4v) is 5.10. The average Bonchev–Trinajstić information content (AvgIpc) is 2.83. The molecule has 2 aliphatic rings. The van der Waals surface area contributed by atoms with Gasteiger partial charge in [0.05, 0.1) is 29.7 Å². The first-order valence-corrected chi connectivity index (χ1v) is 11.8. The van der Waals surface area contributed by atoms with E-state index in [-0.39, 0.29) is 28.4 Å². The number of carbonyl (C=O) groups is 3. The van der Waals surface area contributed by atoms with Crippen molar-refractivity contribution >= 4 is 27.7 Å². The van der Waals surface area contributed by atoms with Crippen LogP contribution in [0.25, 0.3) is 0 Å². The van der Waals surface area contributed by atoms with E-state index in [1.807, 2.05) is 0 Å². The van der Waals surface area contributed by atoms with Crippen LogP contribution in [0, 0.1) is 6.92 Å². The normalized spacial score (nSPS) is 17.3. The number of sulfonamides is 1. The molecule has 4 rings (SSSR count). The second kappa shape index (κ2) is 8.79. The number of carbonyl (C=O) groups excluding carboxylic acids is 3. The number of ketones is 1. The van der Waals surface area contributed by atoms with E-state index in [4.69, 9.17) is 14.2 Å². The van der Waals surface area contributed by atoms with Gasteiger partial charge in [-0.05, 0) is 38.1 Å². The highest BCUT2D eigenvalue weighted by Gasteiger charge is 2.48. The predicted molar refractivity (Wildman–Crippen MR) is 119 cm³/mol. The molecule has 10 heteroatoms. The van der Waals surface area contributed by atoms with Crippen molar-refractivity contribution < 1.29 is 37.0 Å². The lowest BCUT2D eigenvalue weighted by Gasteiger charge is -2.36. The number of hydrogen-bond donors (Lipinski definition) is 0. The summed E-state index contributed by atoms with van der Waals surface area (Å²) in [4.78, 5) is 39.0. The number of Topliss-reactive ketones (excluding diaryl/α,β-unsaturated/α-hetero) is 1. The second-order valence-corrected chi connectivity index (χ2v) is 9.31. The van der Waals surface area contributed by atoms with Crippen LogP contribution in [0.2, 0.25) is 0 Å². The van der Waals surface area contributed by atoms with Crippen molar-refractivity contribution in [2.45, 2.75) is 24.8 Å². The molecular weight excluding hydrogens is 462 g/mol. The molecule has 2 aliphatic heterocycles. The highest BCUT2D eigenvalue weighted by Crippen LogP contribution is 2.40. The molecule has 0 spiro atoms. The van der Waals surface area contributed by atoms with E-state index in [1.165, 1.54) is 25.1 Å². The Labute approximate surface area is 196 Å². The Morgan fingerprint density at radius 1 is 1.06 bits per heavy atom. The molecular formula is C24H21NO8S. The van der Waals surface area contributed by atoms with Gasteiger partial charge in [-0.1, -0.05) is 29.8 Å². The first-order valence-electron chi connectivity index (χ1n) is 10.3. The average molecular weight is 483 g/mol. The predicted octanol–water partition coefficient (Wildman–Crippen LogP) is 2.52. The van der Waals surface area contributed by atoms with Crippen molar-refractivity contribution in [3.05, 3.63) is 82.7 Å². The first-order chi connectivity index (χ1) is 16.2. The van der Waals surface area contributed by atoms with Crippen molar-refractivity contribution in [3.63, 3.8) is 0 Å². The molecule has 2 aromatic rings. The molecule has 2 aromatic carbocycles. The third-order valence-corrected chi connectivity index (χ3v) is 7.04. The van der Waals surface area contributed by atoms with Gasteiger partial charge in [0.25, 0.3) is 10.0 Å². The Kier molecular flexibility index (Phi) is 6.01. The minimum absolute atomic E-state index is 0.0843. The van der Waals surface area contributed by atoms with Gasteiger partial charge < -0.3 is 14.2 Å². The van der Waals surface area contributed by atoms with Gasteiger partial charge in [0.2, 0.25) is 0 Å². The lowest BCUT2D eigenvalue weighted by molar-refractivity contribution is -0.142. The second-order valence-electron chi connectivity index (χ2n) is 7.50. The number of aryl methyl sites for hydroxylation is 1. The van der Waals surface area contributed by atoms with Crippen LogP contribution < -0.4 is 4.74 Å². The van der Waals surface area contributed by atoms with E-state index in [0.29, 0.717) is 4.31 Å². The summed E-state index contributed by atoms with van der Waals surface area (Å²) in [5.41, 5.74) is -0.170. The van der Waals surface area contributed by atoms with Gasteiger partial charge in [0.15, 0.2) is 17.6 Å². The van der Waals surface area contributed by atoms with E-state index in [2.05, 4.69) is 0 Å². The van der Waals surface area contributed by atoms with Crippen molar-refractivity contribution in [3.8, 4) is 5.75 Å². The number of esters is 2. The fraction of sp³-hybridized carbons (Fsp3) is 0.208. The molecule has 176 valence electrons. The molecule has 0 aliphatic carbocycles. The summed E-state index contributed by atoms with van der Waals surface area (Å²) in [6, 6.07) is 12.3. The van der Waals surface area contributed by atoms with Gasteiger partial charge in [-0.3, -0.25) is 4.79 Å². The number of ether oxygens (including phenoxy) is 3. The molecule has 0 radical (unpaired) electrons. The fourth-order valence-electron chi connectivity index (χ4n) is 3.72. The highest BCUT2D eigenvalue weighted by atomic mass is 32.2. The number of benzene rings is 2. The van der Waals surface area contributed by atoms with Crippen LogP contribution in [0.4, 0.5) is 0 Å². The van der Waals surface area contributed by atoms with Crippen LogP contribution in [0.15, 0.2) is 76.5 Å². The summed E-state index contributed by atoms with van der Waals surface area (Å²) in [7, 11) is -3.36. The topological polar surface area (TPSA) is 116 Å². The third kappa shape index (κ3) is 3.75. The molecule has 0 saturated heterocycles. The smallest absolute Gasteiger partial charge is 0.356 e. The van der Waals surface area contributed by atoms with E-state index in [9.17, 15) is 22.8 Å². The van der Waals surface area contributed by atoms with E-state index in [1.54, 1.807) is 37.3 Å². The third-order valence-electron chi connectivity index (χ3n) is 5.37. The number of rotatable bonds is 5. The molecule has 0 aromatic heterocycles. The van der Waals surface area contributed by atoms with Gasteiger partial charge >= 0.3 is 11.9 Å². The zero-order chi connectivity index (χ0) is 24.6. The lowest BCUT2D eigenvalue weighted by atomic mass is 9.88. The van der Waals surface area contributed by atoms with Crippen molar-refractivity contribution in [2.24, 2.45) is 0 Å². The summed E-state index contributed by atoms with van der Waals surface area (Å²) < 4.78 is 43.7.